The number of amides is 1. The topological polar surface area (TPSA) is 71.2 Å². The number of ether oxygens (including phenoxy) is 1. The van der Waals surface area contributed by atoms with Crippen LogP contribution in [-0.2, 0) is 9.53 Å². The molecule has 122 valence electrons. The summed E-state index contributed by atoms with van der Waals surface area (Å²) < 4.78 is 5.75. The van der Waals surface area contributed by atoms with Gasteiger partial charge in [-0.05, 0) is 12.8 Å². The van der Waals surface area contributed by atoms with Gasteiger partial charge in [-0.15, -0.1) is 24.0 Å². The lowest BCUT2D eigenvalue weighted by Crippen LogP contribution is -2.43. The van der Waals surface area contributed by atoms with Gasteiger partial charge in [0.1, 0.15) is 6.10 Å². The summed E-state index contributed by atoms with van der Waals surface area (Å²) in [6.07, 6.45) is 1.35. The number of hydrogen-bond acceptors (Lipinski definition) is 4. The average Bonchev–Trinajstić information content (AvgIpc) is 2.93. The van der Waals surface area contributed by atoms with Gasteiger partial charge in [-0.3, -0.25) is 9.79 Å². The van der Waals surface area contributed by atoms with Crippen LogP contribution in [0.2, 0.25) is 0 Å². The van der Waals surface area contributed by atoms with E-state index in [1.165, 1.54) is 0 Å². The van der Waals surface area contributed by atoms with Gasteiger partial charge >= 0.3 is 0 Å². The lowest BCUT2D eigenvalue weighted by Gasteiger charge is -2.27. The van der Waals surface area contributed by atoms with Gasteiger partial charge in [0, 0.05) is 38.7 Å². The van der Waals surface area contributed by atoms with Crippen LogP contribution in [0.1, 0.15) is 12.8 Å². The first-order chi connectivity index (χ1) is 9.58. The molecule has 2 aliphatic heterocycles. The summed E-state index contributed by atoms with van der Waals surface area (Å²) in [5, 5.41) is 0. The predicted octanol–water partition coefficient (Wildman–Crippen LogP) is 0.604. The van der Waals surface area contributed by atoms with Crippen molar-refractivity contribution in [2.24, 2.45) is 10.7 Å². The number of hydrogen-bond donors (Lipinski definition) is 1. The van der Waals surface area contributed by atoms with Gasteiger partial charge in [-0.1, -0.05) is 0 Å². The molecule has 2 aliphatic rings. The maximum absolute atomic E-state index is 11.8. The molecule has 0 saturated carbocycles. The maximum Gasteiger partial charge on any atom is 0.251 e. The minimum absolute atomic E-state index is 0. The van der Waals surface area contributed by atoms with E-state index in [2.05, 4.69) is 9.89 Å². The number of thioether (sulfide) groups is 1. The number of guanidine groups is 1. The zero-order valence-electron chi connectivity index (χ0n) is 12.7. The van der Waals surface area contributed by atoms with Crippen LogP contribution in [0, 0.1) is 0 Å². The number of nitrogens with zero attached hydrogens (tertiary/aromatic N) is 3. The van der Waals surface area contributed by atoms with Crippen molar-refractivity contribution in [3.05, 3.63) is 0 Å². The molecule has 2 fully saturated rings. The zero-order valence-corrected chi connectivity index (χ0v) is 15.8. The van der Waals surface area contributed by atoms with Crippen molar-refractivity contribution in [1.82, 2.24) is 9.80 Å². The first-order valence-electron chi connectivity index (χ1n) is 7.07. The van der Waals surface area contributed by atoms with Crippen molar-refractivity contribution in [1.29, 1.82) is 0 Å². The molecule has 0 spiro atoms. The molecule has 0 aromatic heterocycles. The first-order valence-corrected chi connectivity index (χ1v) is 8.22. The molecule has 2 heterocycles. The average molecular weight is 428 g/mol. The SMILES string of the molecule is CN(C)C(=O)C1CCC(CN=C(N)N2CCSCC2)O1.I. The Balaban J connectivity index is 0.00000220. The molecule has 21 heavy (non-hydrogen) atoms. The predicted molar refractivity (Wildman–Crippen MR) is 97.4 cm³/mol. The van der Waals surface area contributed by atoms with Crippen LogP contribution in [0.25, 0.3) is 0 Å². The molecular weight excluding hydrogens is 403 g/mol. The highest BCUT2D eigenvalue weighted by Gasteiger charge is 2.31. The van der Waals surface area contributed by atoms with Crippen LogP contribution in [-0.4, -0.2) is 79.1 Å². The quantitative estimate of drug-likeness (QED) is 0.405. The van der Waals surface area contributed by atoms with E-state index < -0.39 is 0 Å². The monoisotopic (exact) mass is 428 g/mol. The molecular formula is C13H25IN4O2S. The molecule has 2 saturated heterocycles. The fraction of sp³-hybridized carbons (Fsp3) is 0.846. The third-order valence-electron chi connectivity index (χ3n) is 3.62. The molecule has 2 unspecified atom stereocenters. The Labute approximate surface area is 147 Å². The Bertz CT molecular complexity index is 375. The van der Waals surface area contributed by atoms with E-state index >= 15 is 0 Å². The summed E-state index contributed by atoms with van der Waals surface area (Å²) in [4.78, 5) is 19.9. The molecule has 1 amide bonds. The normalized spacial score (nSPS) is 26.4. The molecule has 2 rings (SSSR count). The Morgan fingerprint density at radius 2 is 2.05 bits per heavy atom. The second kappa shape index (κ2) is 9.04. The third-order valence-corrected chi connectivity index (χ3v) is 4.56. The largest absolute Gasteiger partial charge is 0.370 e. The molecule has 8 heteroatoms. The van der Waals surface area contributed by atoms with E-state index in [0.29, 0.717) is 12.5 Å². The molecule has 2 atom stereocenters. The van der Waals surface area contributed by atoms with Gasteiger partial charge in [-0.2, -0.15) is 11.8 Å². The second-order valence-corrected chi connectivity index (χ2v) is 6.58. The molecule has 2 N–H and O–H groups in total. The number of carbonyl (C=O) groups is 1. The molecule has 0 aromatic carbocycles. The smallest absolute Gasteiger partial charge is 0.251 e. The Hall–Kier alpha value is -0.220. The number of halogens is 1. The fourth-order valence-corrected chi connectivity index (χ4v) is 3.30. The lowest BCUT2D eigenvalue weighted by atomic mass is 10.2. The second-order valence-electron chi connectivity index (χ2n) is 5.36. The van der Waals surface area contributed by atoms with E-state index in [-0.39, 0.29) is 42.1 Å². The lowest BCUT2D eigenvalue weighted by molar-refractivity contribution is -0.140. The zero-order chi connectivity index (χ0) is 14.5. The van der Waals surface area contributed by atoms with Gasteiger partial charge in [0.15, 0.2) is 5.96 Å². The number of aliphatic imine (C=N–C) groups is 1. The van der Waals surface area contributed by atoms with Crippen molar-refractivity contribution in [3.63, 3.8) is 0 Å². The van der Waals surface area contributed by atoms with Crippen LogP contribution < -0.4 is 5.73 Å². The van der Waals surface area contributed by atoms with Gasteiger partial charge in [0.2, 0.25) is 0 Å². The molecule has 0 aromatic rings. The van der Waals surface area contributed by atoms with Crippen LogP contribution in [0.4, 0.5) is 0 Å². The van der Waals surface area contributed by atoms with Crippen LogP contribution in [0.5, 0.6) is 0 Å². The van der Waals surface area contributed by atoms with E-state index in [4.69, 9.17) is 10.5 Å². The van der Waals surface area contributed by atoms with Gasteiger partial charge in [-0.25, -0.2) is 0 Å². The highest BCUT2D eigenvalue weighted by Crippen LogP contribution is 2.21. The molecule has 0 bridgehead atoms. The molecule has 0 radical (unpaired) electrons. The number of nitrogens with two attached hydrogens (primary N) is 1. The summed E-state index contributed by atoms with van der Waals surface area (Å²) >= 11 is 1.95. The fourth-order valence-electron chi connectivity index (χ4n) is 2.40. The highest BCUT2D eigenvalue weighted by atomic mass is 127. The summed E-state index contributed by atoms with van der Waals surface area (Å²) in [5.74, 6) is 2.86. The molecule has 0 aliphatic carbocycles. The van der Waals surface area contributed by atoms with E-state index in [9.17, 15) is 4.79 Å². The summed E-state index contributed by atoms with van der Waals surface area (Å²) in [5.41, 5.74) is 6.01. The summed E-state index contributed by atoms with van der Waals surface area (Å²) in [6.45, 7) is 2.48. The van der Waals surface area contributed by atoms with Gasteiger partial charge in [0.05, 0.1) is 12.6 Å². The van der Waals surface area contributed by atoms with Crippen molar-refractivity contribution in [2.45, 2.75) is 25.0 Å². The van der Waals surface area contributed by atoms with Crippen molar-refractivity contribution in [3.8, 4) is 0 Å². The highest BCUT2D eigenvalue weighted by molar-refractivity contribution is 14.0. The van der Waals surface area contributed by atoms with Gasteiger partial charge in [0.25, 0.3) is 5.91 Å². The Kier molecular flexibility index (Phi) is 8.10. The maximum atomic E-state index is 11.8. The van der Waals surface area contributed by atoms with Crippen LogP contribution in [0.3, 0.4) is 0 Å². The van der Waals surface area contributed by atoms with Crippen LogP contribution in [0.15, 0.2) is 4.99 Å². The van der Waals surface area contributed by atoms with Crippen molar-refractivity contribution < 1.29 is 9.53 Å². The van der Waals surface area contributed by atoms with E-state index in [1.54, 1.807) is 19.0 Å². The Morgan fingerprint density at radius 3 is 2.67 bits per heavy atom. The van der Waals surface area contributed by atoms with Gasteiger partial charge < -0.3 is 20.3 Å². The minimum atomic E-state index is -0.308. The summed E-state index contributed by atoms with van der Waals surface area (Å²) in [6, 6.07) is 0. The third kappa shape index (κ3) is 5.48. The number of carbonyl (C=O) groups excluding carboxylic acids is 1. The standard InChI is InChI=1S/C13H24N4O2S.HI/c1-16(2)12(18)11-4-3-10(19-11)9-15-13(14)17-5-7-20-8-6-17;/h10-11H,3-9H2,1-2H3,(H2,14,15);1H. The van der Waals surface area contributed by atoms with E-state index in [0.717, 1.165) is 37.4 Å². The summed E-state index contributed by atoms with van der Waals surface area (Å²) in [7, 11) is 3.51. The van der Waals surface area contributed by atoms with Crippen molar-refractivity contribution >= 4 is 47.6 Å². The first kappa shape index (κ1) is 18.8. The number of likely N-dealkylation sites (N-methyl/N-ethyl adjacent to an activating group) is 1. The van der Waals surface area contributed by atoms with E-state index in [1.807, 2.05) is 11.8 Å². The van der Waals surface area contributed by atoms with Crippen LogP contribution >= 0.6 is 35.7 Å². The minimum Gasteiger partial charge on any atom is -0.370 e. The number of rotatable bonds is 3. The molecule has 6 nitrogen and oxygen atoms in total. The van der Waals surface area contributed by atoms with Crippen molar-refractivity contribution in [2.75, 3.05) is 45.2 Å². The Morgan fingerprint density at radius 1 is 1.38 bits per heavy atom.